The maximum Gasteiger partial charge on any atom is 0.255 e. The minimum Gasteiger partial charge on any atom is -0.322 e. The van der Waals surface area contributed by atoms with Crippen molar-refractivity contribution in [2.24, 2.45) is 0 Å². The van der Waals surface area contributed by atoms with Gasteiger partial charge < -0.3 is 5.32 Å². The second kappa shape index (κ2) is 6.01. The zero-order valence-corrected chi connectivity index (χ0v) is 12.7. The van der Waals surface area contributed by atoms with Gasteiger partial charge in [0.05, 0.1) is 11.0 Å². The van der Waals surface area contributed by atoms with Crippen molar-refractivity contribution in [3.63, 3.8) is 0 Å². The van der Waals surface area contributed by atoms with E-state index < -0.39 is 0 Å². The molecule has 0 aliphatic heterocycles. The predicted molar refractivity (Wildman–Crippen MR) is 86.6 cm³/mol. The molecule has 0 unspecified atom stereocenters. The lowest BCUT2D eigenvalue weighted by Crippen LogP contribution is -2.11. The summed E-state index contributed by atoms with van der Waals surface area (Å²) in [4.78, 5) is 20.6. The molecule has 3 rings (SSSR count). The van der Waals surface area contributed by atoms with Crippen LogP contribution in [0.15, 0.2) is 54.9 Å². The molecule has 1 N–H and O–H groups in total. The van der Waals surface area contributed by atoms with E-state index in [4.69, 9.17) is 0 Å². The number of benzene rings is 2. The maximum absolute atomic E-state index is 12.2. The number of alkyl halides is 1. The summed E-state index contributed by atoms with van der Waals surface area (Å²) in [6.07, 6.45) is 3.25. The number of nitrogens with zero attached hydrogens (tertiary/aromatic N) is 2. The predicted octanol–water partition coefficient (Wildman–Crippen LogP) is 3.78. The molecule has 1 heterocycles. The molecule has 21 heavy (non-hydrogen) atoms. The molecule has 0 saturated heterocycles. The average Bonchev–Trinajstić information content (AvgIpc) is 2.55. The number of carbonyl (C=O) groups excluding carboxylic acids is 1. The molecular weight excluding hydrogens is 330 g/mol. The highest BCUT2D eigenvalue weighted by molar-refractivity contribution is 9.08. The zero-order chi connectivity index (χ0) is 14.7. The summed E-state index contributed by atoms with van der Waals surface area (Å²) in [5.74, 6) is -0.158. The van der Waals surface area contributed by atoms with Gasteiger partial charge in [0.25, 0.3) is 5.91 Å². The minimum atomic E-state index is -0.158. The van der Waals surface area contributed by atoms with E-state index in [0.29, 0.717) is 11.1 Å². The van der Waals surface area contributed by atoms with E-state index in [9.17, 15) is 4.79 Å². The first-order valence-corrected chi connectivity index (χ1v) is 7.55. The van der Waals surface area contributed by atoms with Crippen LogP contribution in [0.4, 0.5) is 5.69 Å². The van der Waals surface area contributed by atoms with Crippen LogP contribution in [0.2, 0.25) is 0 Å². The SMILES string of the molecule is O=C(Nc1ccc(CBr)cc1)c1ccc2nccnc2c1. The van der Waals surface area contributed by atoms with Gasteiger partial charge in [-0.05, 0) is 35.9 Å². The summed E-state index contributed by atoms with van der Waals surface area (Å²) in [5, 5.41) is 3.67. The Hall–Kier alpha value is -2.27. The fraction of sp³-hybridized carbons (Fsp3) is 0.0625. The van der Waals surface area contributed by atoms with E-state index in [1.54, 1.807) is 30.6 Å². The largest absolute Gasteiger partial charge is 0.322 e. The Kier molecular flexibility index (Phi) is 3.92. The Balaban J connectivity index is 1.82. The van der Waals surface area contributed by atoms with Crippen molar-refractivity contribution < 1.29 is 4.79 Å². The van der Waals surface area contributed by atoms with E-state index in [-0.39, 0.29) is 5.91 Å². The Morgan fingerprint density at radius 1 is 1.00 bits per heavy atom. The molecule has 5 heteroatoms. The van der Waals surface area contributed by atoms with Crippen molar-refractivity contribution in [3.05, 3.63) is 66.0 Å². The van der Waals surface area contributed by atoms with E-state index in [2.05, 4.69) is 31.2 Å². The number of fused-ring (bicyclic) bond motifs is 1. The van der Waals surface area contributed by atoms with Crippen LogP contribution >= 0.6 is 15.9 Å². The van der Waals surface area contributed by atoms with Gasteiger partial charge in [0.15, 0.2) is 0 Å². The smallest absolute Gasteiger partial charge is 0.255 e. The van der Waals surface area contributed by atoms with Crippen molar-refractivity contribution in [1.82, 2.24) is 9.97 Å². The molecule has 0 aliphatic rings. The van der Waals surface area contributed by atoms with Gasteiger partial charge in [-0.15, -0.1) is 0 Å². The molecule has 0 atom stereocenters. The molecule has 0 fully saturated rings. The summed E-state index contributed by atoms with van der Waals surface area (Å²) >= 11 is 3.39. The summed E-state index contributed by atoms with van der Waals surface area (Å²) in [6.45, 7) is 0. The van der Waals surface area contributed by atoms with Crippen LogP contribution in [-0.2, 0) is 5.33 Å². The zero-order valence-electron chi connectivity index (χ0n) is 11.1. The minimum absolute atomic E-state index is 0.158. The number of hydrogen-bond acceptors (Lipinski definition) is 3. The van der Waals surface area contributed by atoms with Crippen molar-refractivity contribution >= 4 is 38.6 Å². The first-order valence-electron chi connectivity index (χ1n) is 6.43. The number of aromatic nitrogens is 2. The molecule has 2 aromatic carbocycles. The summed E-state index contributed by atoms with van der Waals surface area (Å²) in [5.41, 5.74) is 3.97. The molecule has 0 bridgehead atoms. The molecule has 3 aromatic rings. The Morgan fingerprint density at radius 2 is 1.71 bits per heavy atom. The summed E-state index contributed by atoms with van der Waals surface area (Å²) in [7, 11) is 0. The fourth-order valence-electron chi connectivity index (χ4n) is 1.98. The van der Waals surface area contributed by atoms with Crippen LogP contribution in [0, 0.1) is 0 Å². The van der Waals surface area contributed by atoms with Gasteiger partial charge in [-0.2, -0.15) is 0 Å². The highest BCUT2D eigenvalue weighted by Crippen LogP contribution is 2.15. The number of carbonyl (C=O) groups is 1. The Morgan fingerprint density at radius 3 is 2.43 bits per heavy atom. The molecule has 4 nitrogen and oxygen atoms in total. The monoisotopic (exact) mass is 341 g/mol. The van der Waals surface area contributed by atoms with Crippen LogP contribution in [0.3, 0.4) is 0 Å². The number of rotatable bonds is 3. The maximum atomic E-state index is 12.2. The van der Waals surface area contributed by atoms with E-state index in [1.165, 1.54) is 0 Å². The normalized spacial score (nSPS) is 10.5. The first kappa shape index (κ1) is 13.7. The van der Waals surface area contributed by atoms with Crippen LogP contribution in [0.5, 0.6) is 0 Å². The standard InChI is InChI=1S/C16H12BrN3O/c17-10-11-1-4-13(5-2-11)20-16(21)12-3-6-14-15(9-12)19-8-7-18-14/h1-9H,10H2,(H,20,21). The van der Waals surface area contributed by atoms with Gasteiger partial charge in [-0.1, -0.05) is 28.1 Å². The molecular formula is C16H12BrN3O. The third kappa shape index (κ3) is 3.08. The van der Waals surface area contributed by atoms with Crippen LogP contribution < -0.4 is 5.32 Å². The van der Waals surface area contributed by atoms with E-state index >= 15 is 0 Å². The Labute approximate surface area is 130 Å². The lowest BCUT2D eigenvalue weighted by Gasteiger charge is -2.06. The van der Waals surface area contributed by atoms with Crippen LogP contribution in [0.25, 0.3) is 11.0 Å². The number of hydrogen-bond donors (Lipinski definition) is 1. The van der Waals surface area contributed by atoms with Crippen LogP contribution in [0.1, 0.15) is 15.9 Å². The number of amides is 1. The molecule has 104 valence electrons. The average molecular weight is 342 g/mol. The highest BCUT2D eigenvalue weighted by atomic mass is 79.9. The van der Waals surface area contributed by atoms with Crippen molar-refractivity contribution in [1.29, 1.82) is 0 Å². The van der Waals surface area contributed by atoms with Crippen molar-refractivity contribution in [3.8, 4) is 0 Å². The number of nitrogens with one attached hydrogen (secondary N) is 1. The van der Waals surface area contributed by atoms with Gasteiger partial charge in [0.1, 0.15) is 0 Å². The lowest BCUT2D eigenvalue weighted by atomic mass is 10.1. The van der Waals surface area contributed by atoms with Gasteiger partial charge in [0, 0.05) is 29.0 Å². The lowest BCUT2D eigenvalue weighted by molar-refractivity contribution is 0.102. The second-order valence-electron chi connectivity index (χ2n) is 4.54. The van der Waals surface area contributed by atoms with E-state index in [1.807, 2.05) is 24.3 Å². The summed E-state index contributed by atoms with van der Waals surface area (Å²) < 4.78 is 0. The van der Waals surface area contributed by atoms with Gasteiger partial charge in [-0.3, -0.25) is 14.8 Å². The van der Waals surface area contributed by atoms with Gasteiger partial charge in [0.2, 0.25) is 0 Å². The second-order valence-corrected chi connectivity index (χ2v) is 5.11. The van der Waals surface area contributed by atoms with Gasteiger partial charge in [-0.25, -0.2) is 0 Å². The molecule has 0 aliphatic carbocycles. The molecule has 1 aromatic heterocycles. The highest BCUT2D eigenvalue weighted by Gasteiger charge is 2.07. The number of halogens is 1. The fourth-order valence-corrected chi connectivity index (χ4v) is 2.36. The third-order valence-electron chi connectivity index (χ3n) is 3.10. The van der Waals surface area contributed by atoms with Crippen molar-refractivity contribution in [2.45, 2.75) is 5.33 Å². The molecule has 0 radical (unpaired) electrons. The first-order chi connectivity index (χ1) is 10.3. The van der Waals surface area contributed by atoms with E-state index in [0.717, 1.165) is 22.1 Å². The Bertz CT molecular complexity index is 787. The third-order valence-corrected chi connectivity index (χ3v) is 3.75. The van der Waals surface area contributed by atoms with Gasteiger partial charge >= 0.3 is 0 Å². The molecule has 0 saturated carbocycles. The summed E-state index contributed by atoms with van der Waals surface area (Å²) in [6, 6.07) is 13.0. The molecule has 1 amide bonds. The quantitative estimate of drug-likeness (QED) is 0.737. The topological polar surface area (TPSA) is 54.9 Å². The van der Waals surface area contributed by atoms with Crippen LogP contribution in [-0.4, -0.2) is 15.9 Å². The van der Waals surface area contributed by atoms with Crippen molar-refractivity contribution in [2.75, 3.05) is 5.32 Å². The number of anilines is 1. The molecule has 0 spiro atoms.